The van der Waals surface area contributed by atoms with Gasteiger partial charge in [0, 0.05) is 20.0 Å². The lowest BCUT2D eigenvalue weighted by molar-refractivity contribution is -0.130. The van der Waals surface area contributed by atoms with Gasteiger partial charge < -0.3 is 10.2 Å². The highest BCUT2D eigenvalue weighted by atomic mass is 16.2. The molecule has 1 amide bonds. The van der Waals surface area contributed by atoms with Gasteiger partial charge in [-0.2, -0.15) is 0 Å². The number of amides is 1. The Morgan fingerprint density at radius 2 is 2.23 bits per heavy atom. The maximum atomic E-state index is 11.5. The van der Waals surface area contributed by atoms with E-state index in [1.54, 1.807) is 0 Å². The second-order valence-electron chi connectivity index (χ2n) is 3.92. The Morgan fingerprint density at radius 1 is 1.54 bits per heavy atom. The molecule has 1 saturated carbocycles. The molecule has 76 valence electrons. The van der Waals surface area contributed by atoms with Gasteiger partial charge in [-0.1, -0.05) is 0 Å². The van der Waals surface area contributed by atoms with E-state index in [0.717, 1.165) is 25.4 Å². The summed E-state index contributed by atoms with van der Waals surface area (Å²) >= 11 is 0. The molecule has 0 atom stereocenters. The lowest BCUT2D eigenvalue weighted by Gasteiger charge is -2.16. The Bertz CT molecular complexity index is 166. The number of hydrogen-bond acceptors (Lipinski definition) is 2. The minimum atomic E-state index is 0.294. The van der Waals surface area contributed by atoms with Gasteiger partial charge in [0.05, 0.1) is 0 Å². The third kappa shape index (κ3) is 4.27. The molecule has 1 fully saturated rings. The van der Waals surface area contributed by atoms with Crippen LogP contribution in [0.1, 0.15) is 25.7 Å². The summed E-state index contributed by atoms with van der Waals surface area (Å²) in [6, 6.07) is 0. The highest BCUT2D eigenvalue weighted by Gasteiger charge is 2.24. The molecule has 0 bridgehead atoms. The molecular formula is C10H20N2O. The molecule has 0 radical (unpaired) electrons. The van der Waals surface area contributed by atoms with Crippen molar-refractivity contribution in [2.45, 2.75) is 25.7 Å². The SMILES string of the molecule is CNCCCC(=O)N(C)CC1CC1. The number of nitrogens with zero attached hydrogens (tertiary/aromatic N) is 1. The smallest absolute Gasteiger partial charge is 0.222 e. The average molecular weight is 184 g/mol. The highest BCUT2D eigenvalue weighted by Crippen LogP contribution is 2.29. The molecule has 1 aliphatic rings. The zero-order valence-electron chi connectivity index (χ0n) is 8.68. The summed E-state index contributed by atoms with van der Waals surface area (Å²) in [5.41, 5.74) is 0. The summed E-state index contributed by atoms with van der Waals surface area (Å²) in [5.74, 6) is 1.10. The molecular weight excluding hydrogens is 164 g/mol. The minimum absolute atomic E-state index is 0.294. The van der Waals surface area contributed by atoms with Gasteiger partial charge in [-0.05, 0) is 38.8 Å². The van der Waals surface area contributed by atoms with Crippen LogP contribution < -0.4 is 5.32 Å². The quantitative estimate of drug-likeness (QED) is 0.621. The van der Waals surface area contributed by atoms with Crippen LogP contribution in [0.2, 0.25) is 0 Å². The van der Waals surface area contributed by atoms with Crippen LogP contribution in [0.25, 0.3) is 0 Å². The Hall–Kier alpha value is -0.570. The first-order valence-electron chi connectivity index (χ1n) is 5.12. The van der Waals surface area contributed by atoms with Crippen molar-refractivity contribution in [3.8, 4) is 0 Å². The predicted octanol–water partition coefficient (Wildman–Crippen LogP) is 0.854. The van der Waals surface area contributed by atoms with Gasteiger partial charge in [0.25, 0.3) is 0 Å². The van der Waals surface area contributed by atoms with Crippen molar-refractivity contribution in [1.82, 2.24) is 10.2 Å². The normalized spacial score (nSPS) is 15.8. The molecule has 1 aliphatic carbocycles. The fraction of sp³-hybridized carbons (Fsp3) is 0.900. The lowest BCUT2D eigenvalue weighted by Crippen LogP contribution is -2.29. The van der Waals surface area contributed by atoms with E-state index in [1.165, 1.54) is 12.8 Å². The summed E-state index contributed by atoms with van der Waals surface area (Å²) in [6.45, 7) is 1.90. The van der Waals surface area contributed by atoms with Crippen LogP contribution in [0.4, 0.5) is 0 Å². The third-order valence-electron chi connectivity index (χ3n) is 2.47. The molecule has 1 rings (SSSR count). The molecule has 0 aromatic carbocycles. The van der Waals surface area contributed by atoms with Crippen molar-refractivity contribution in [3.63, 3.8) is 0 Å². The first-order valence-corrected chi connectivity index (χ1v) is 5.12. The second-order valence-corrected chi connectivity index (χ2v) is 3.92. The molecule has 0 aromatic rings. The predicted molar refractivity (Wildman–Crippen MR) is 53.5 cm³/mol. The number of hydrogen-bond donors (Lipinski definition) is 1. The Morgan fingerprint density at radius 3 is 2.77 bits per heavy atom. The average Bonchev–Trinajstić information content (AvgIpc) is 2.88. The van der Waals surface area contributed by atoms with E-state index in [2.05, 4.69) is 5.32 Å². The first-order chi connectivity index (χ1) is 6.24. The van der Waals surface area contributed by atoms with Crippen molar-refractivity contribution in [1.29, 1.82) is 0 Å². The Labute approximate surface area is 80.5 Å². The van der Waals surface area contributed by atoms with Crippen LogP contribution in [0.15, 0.2) is 0 Å². The van der Waals surface area contributed by atoms with Crippen molar-refractivity contribution in [2.75, 3.05) is 27.2 Å². The van der Waals surface area contributed by atoms with Crippen LogP contribution >= 0.6 is 0 Å². The monoisotopic (exact) mass is 184 g/mol. The van der Waals surface area contributed by atoms with E-state index in [0.29, 0.717) is 12.3 Å². The number of carbonyl (C=O) groups is 1. The zero-order valence-corrected chi connectivity index (χ0v) is 8.68. The second kappa shape index (κ2) is 5.22. The van der Waals surface area contributed by atoms with Crippen LogP contribution in [-0.2, 0) is 4.79 Å². The standard InChI is InChI=1S/C10H20N2O/c1-11-7-3-4-10(13)12(2)8-9-5-6-9/h9,11H,3-8H2,1-2H3. The van der Waals surface area contributed by atoms with Gasteiger partial charge in [0.2, 0.25) is 5.91 Å². The van der Waals surface area contributed by atoms with E-state index in [-0.39, 0.29) is 0 Å². The topological polar surface area (TPSA) is 32.3 Å². The fourth-order valence-corrected chi connectivity index (χ4v) is 1.40. The maximum Gasteiger partial charge on any atom is 0.222 e. The van der Waals surface area contributed by atoms with E-state index in [9.17, 15) is 4.79 Å². The van der Waals surface area contributed by atoms with Crippen LogP contribution in [0, 0.1) is 5.92 Å². The molecule has 0 saturated heterocycles. The number of rotatable bonds is 6. The number of carbonyl (C=O) groups excluding carboxylic acids is 1. The molecule has 0 unspecified atom stereocenters. The number of nitrogens with one attached hydrogen (secondary N) is 1. The molecule has 3 heteroatoms. The van der Waals surface area contributed by atoms with Gasteiger partial charge in [-0.25, -0.2) is 0 Å². The fourth-order valence-electron chi connectivity index (χ4n) is 1.40. The molecule has 0 aliphatic heterocycles. The third-order valence-corrected chi connectivity index (χ3v) is 2.47. The van der Waals surface area contributed by atoms with Crippen molar-refractivity contribution in [2.24, 2.45) is 5.92 Å². The molecule has 0 heterocycles. The van der Waals surface area contributed by atoms with Crippen molar-refractivity contribution < 1.29 is 4.79 Å². The minimum Gasteiger partial charge on any atom is -0.345 e. The van der Waals surface area contributed by atoms with Gasteiger partial charge in [0.15, 0.2) is 0 Å². The van der Waals surface area contributed by atoms with E-state index in [1.807, 2.05) is 19.0 Å². The van der Waals surface area contributed by atoms with Gasteiger partial charge in [0.1, 0.15) is 0 Å². The largest absolute Gasteiger partial charge is 0.345 e. The first kappa shape index (κ1) is 10.5. The van der Waals surface area contributed by atoms with Crippen LogP contribution in [0.3, 0.4) is 0 Å². The molecule has 1 N–H and O–H groups in total. The summed E-state index contributed by atoms with van der Waals surface area (Å²) in [6.07, 6.45) is 4.26. The highest BCUT2D eigenvalue weighted by molar-refractivity contribution is 5.75. The molecule has 13 heavy (non-hydrogen) atoms. The van der Waals surface area contributed by atoms with E-state index < -0.39 is 0 Å². The van der Waals surface area contributed by atoms with E-state index >= 15 is 0 Å². The van der Waals surface area contributed by atoms with Crippen LogP contribution in [-0.4, -0.2) is 38.0 Å². The lowest BCUT2D eigenvalue weighted by atomic mass is 10.2. The summed E-state index contributed by atoms with van der Waals surface area (Å²) in [5, 5.41) is 3.04. The van der Waals surface area contributed by atoms with Gasteiger partial charge in [-0.3, -0.25) is 4.79 Å². The van der Waals surface area contributed by atoms with Crippen molar-refractivity contribution >= 4 is 5.91 Å². The zero-order chi connectivity index (χ0) is 9.68. The van der Waals surface area contributed by atoms with Gasteiger partial charge in [-0.15, -0.1) is 0 Å². The Balaban J connectivity index is 2.05. The Kier molecular flexibility index (Phi) is 4.22. The van der Waals surface area contributed by atoms with Crippen LogP contribution in [0.5, 0.6) is 0 Å². The summed E-state index contributed by atoms with van der Waals surface area (Å²) < 4.78 is 0. The maximum absolute atomic E-state index is 11.5. The van der Waals surface area contributed by atoms with E-state index in [4.69, 9.17) is 0 Å². The summed E-state index contributed by atoms with van der Waals surface area (Å²) in [4.78, 5) is 13.4. The molecule has 0 aromatic heterocycles. The molecule has 0 spiro atoms. The van der Waals surface area contributed by atoms with Gasteiger partial charge >= 0.3 is 0 Å². The molecule has 3 nitrogen and oxygen atoms in total. The van der Waals surface area contributed by atoms with Crippen molar-refractivity contribution in [3.05, 3.63) is 0 Å². The summed E-state index contributed by atoms with van der Waals surface area (Å²) in [7, 11) is 3.83.